The van der Waals surface area contributed by atoms with Crippen molar-refractivity contribution in [1.29, 1.82) is 0 Å². The molecule has 2 heterocycles. The van der Waals surface area contributed by atoms with Gasteiger partial charge in [0, 0.05) is 44.4 Å². The molecule has 110 valence electrons. The lowest BCUT2D eigenvalue weighted by molar-refractivity contribution is 0.147. The average Bonchev–Trinajstić information content (AvgIpc) is 3.06. The van der Waals surface area contributed by atoms with Crippen molar-refractivity contribution in [3.63, 3.8) is 0 Å². The van der Waals surface area contributed by atoms with Crippen LogP contribution in [0.2, 0.25) is 0 Å². The van der Waals surface area contributed by atoms with Crippen LogP contribution in [-0.2, 0) is 4.74 Å². The van der Waals surface area contributed by atoms with E-state index in [1.165, 1.54) is 0 Å². The van der Waals surface area contributed by atoms with Crippen molar-refractivity contribution in [3.05, 3.63) is 24.8 Å². The molecule has 0 aliphatic rings. The fourth-order valence-corrected chi connectivity index (χ4v) is 1.90. The molecule has 6 nitrogen and oxygen atoms in total. The highest BCUT2D eigenvalue weighted by Gasteiger charge is 2.07. The number of hydrogen-bond acceptors (Lipinski definition) is 4. The number of nitrogens with one attached hydrogen (secondary N) is 1. The normalized spacial score (nSPS) is 11.2. The van der Waals surface area contributed by atoms with Crippen LogP contribution in [0.4, 0.5) is 5.95 Å². The van der Waals surface area contributed by atoms with Gasteiger partial charge in [-0.3, -0.25) is 9.25 Å². The van der Waals surface area contributed by atoms with Gasteiger partial charge in [-0.1, -0.05) is 0 Å². The summed E-state index contributed by atoms with van der Waals surface area (Å²) in [5, 5.41) is 7.68. The predicted octanol–water partition coefficient (Wildman–Crippen LogP) is 2.49. The van der Waals surface area contributed by atoms with Gasteiger partial charge in [0.15, 0.2) is 0 Å². The van der Waals surface area contributed by atoms with Crippen LogP contribution in [0.3, 0.4) is 0 Å². The molecule has 0 atom stereocenters. The molecule has 0 radical (unpaired) electrons. The minimum atomic E-state index is 0.356. The zero-order valence-corrected chi connectivity index (χ0v) is 12.4. The minimum absolute atomic E-state index is 0.356. The van der Waals surface area contributed by atoms with E-state index in [1.807, 2.05) is 34.8 Å². The number of aromatic nitrogens is 4. The number of rotatable bonds is 8. The van der Waals surface area contributed by atoms with Crippen LogP contribution in [-0.4, -0.2) is 39.1 Å². The first kappa shape index (κ1) is 14.6. The summed E-state index contributed by atoms with van der Waals surface area (Å²) in [5.41, 5.74) is 1.02. The smallest absolute Gasteiger partial charge is 0.207 e. The van der Waals surface area contributed by atoms with E-state index in [0.29, 0.717) is 6.04 Å². The van der Waals surface area contributed by atoms with Crippen LogP contribution < -0.4 is 5.32 Å². The monoisotopic (exact) mass is 277 g/mol. The van der Waals surface area contributed by atoms with Crippen molar-refractivity contribution in [1.82, 2.24) is 19.3 Å². The largest absolute Gasteiger partial charge is 0.382 e. The van der Waals surface area contributed by atoms with Gasteiger partial charge in [-0.05, 0) is 27.2 Å². The molecule has 0 aromatic carbocycles. The van der Waals surface area contributed by atoms with E-state index in [9.17, 15) is 0 Å². The molecule has 0 aliphatic carbocycles. The predicted molar refractivity (Wildman–Crippen MR) is 79.3 cm³/mol. The third-order valence-electron chi connectivity index (χ3n) is 2.99. The van der Waals surface area contributed by atoms with Crippen molar-refractivity contribution < 1.29 is 4.74 Å². The molecule has 6 heteroatoms. The van der Waals surface area contributed by atoms with Gasteiger partial charge >= 0.3 is 0 Å². The van der Waals surface area contributed by atoms with E-state index in [4.69, 9.17) is 4.74 Å². The van der Waals surface area contributed by atoms with E-state index in [-0.39, 0.29) is 0 Å². The molecule has 0 aliphatic heterocycles. The number of imidazole rings is 1. The first-order valence-electron chi connectivity index (χ1n) is 7.12. The molecule has 0 unspecified atom stereocenters. The third-order valence-corrected chi connectivity index (χ3v) is 2.99. The molecule has 0 amide bonds. The van der Waals surface area contributed by atoms with E-state index in [0.717, 1.165) is 37.8 Å². The lowest BCUT2D eigenvalue weighted by Gasteiger charge is -2.08. The van der Waals surface area contributed by atoms with Crippen molar-refractivity contribution in [2.24, 2.45) is 0 Å². The first-order valence-corrected chi connectivity index (χ1v) is 7.12. The maximum atomic E-state index is 5.32. The Balaban J connectivity index is 1.97. The second-order valence-corrected chi connectivity index (χ2v) is 4.87. The van der Waals surface area contributed by atoms with Crippen LogP contribution in [0.25, 0.3) is 5.69 Å². The fourth-order valence-electron chi connectivity index (χ4n) is 1.90. The molecular weight excluding hydrogens is 254 g/mol. The summed E-state index contributed by atoms with van der Waals surface area (Å²) in [6.07, 6.45) is 8.57. The summed E-state index contributed by atoms with van der Waals surface area (Å²) in [4.78, 5) is 4.34. The van der Waals surface area contributed by atoms with Gasteiger partial charge < -0.3 is 10.1 Å². The molecular formula is C14H23N5O. The standard InChI is InChI=1S/C14H23N5O/c1-4-20-9-5-6-15-14-16-7-8-18(14)13-10-17-19(11-13)12(2)3/h7-8,10-12H,4-6,9H2,1-3H3,(H,15,16). The van der Waals surface area contributed by atoms with Crippen LogP contribution in [0, 0.1) is 0 Å². The molecule has 2 aromatic rings. The molecule has 0 bridgehead atoms. The van der Waals surface area contributed by atoms with Gasteiger partial charge in [0.1, 0.15) is 0 Å². The summed E-state index contributed by atoms with van der Waals surface area (Å²) >= 11 is 0. The van der Waals surface area contributed by atoms with Crippen LogP contribution in [0.5, 0.6) is 0 Å². The van der Waals surface area contributed by atoms with Crippen LogP contribution in [0.15, 0.2) is 24.8 Å². The minimum Gasteiger partial charge on any atom is -0.382 e. The Hall–Kier alpha value is -1.82. The van der Waals surface area contributed by atoms with Crippen molar-refractivity contribution >= 4 is 5.95 Å². The zero-order valence-electron chi connectivity index (χ0n) is 12.4. The van der Waals surface area contributed by atoms with Crippen LogP contribution >= 0.6 is 0 Å². The average molecular weight is 277 g/mol. The Morgan fingerprint density at radius 2 is 2.25 bits per heavy atom. The number of ether oxygens (including phenoxy) is 1. The second-order valence-electron chi connectivity index (χ2n) is 4.87. The van der Waals surface area contributed by atoms with Crippen molar-refractivity contribution in [2.75, 3.05) is 25.1 Å². The molecule has 20 heavy (non-hydrogen) atoms. The fraction of sp³-hybridized carbons (Fsp3) is 0.571. The third kappa shape index (κ3) is 3.60. The lowest BCUT2D eigenvalue weighted by atomic mass is 10.4. The Bertz CT molecular complexity index is 517. The maximum Gasteiger partial charge on any atom is 0.207 e. The SMILES string of the molecule is CCOCCCNc1nccn1-c1cnn(C(C)C)c1. The van der Waals surface area contributed by atoms with Gasteiger partial charge in [0.05, 0.1) is 11.9 Å². The second kappa shape index (κ2) is 7.09. The van der Waals surface area contributed by atoms with Gasteiger partial charge in [-0.2, -0.15) is 5.10 Å². The van der Waals surface area contributed by atoms with Crippen LogP contribution in [0.1, 0.15) is 33.2 Å². The Labute approximate surface area is 119 Å². The number of hydrogen-bond donors (Lipinski definition) is 1. The zero-order chi connectivity index (χ0) is 14.4. The Kier molecular flexibility index (Phi) is 5.17. The Morgan fingerprint density at radius 3 is 2.95 bits per heavy atom. The highest BCUT2D eigenvalue weighted by molar-refractivity contribution is 5.39. The van der Waals surface area contributed by atoms with E-state index in [2.05, 4.69) is 29.2 Å². The molecule has 2 aromatic heterocycles. The topological polar surface area (TPSA) is 56.9 Å². The molecule has 0 fully saturated rings. The van der Waals surface area contributed by atoms with E-state index < -0.39 is 0 Å². The van der Waals surface area contributed by atoms with Gasteiger partial charge in [-0.25, -0.2) is 4.98 Å². The number of nitrogens with zero attached hydrogens (tertiary/aromatic N) is 4. The molecule has 2 rings (SSSR count). The highest BCUT2D eigenvalue weighted by Crippen LogP contribution is 2.15. The summed E-state index contributed by atoms with van der Waals surface area (Å²) in [5.74, 6) is 0.838. The maximum absolute atomic E-state index is 5.32. The number of anilines is 1. The molecule has 1 N–H and O–H groups in total. The molecule has 0 saturated carbocycles. The van der Waals surface area contributed by atoms with Crippen molar-refractivity contribution in [2.45, 2.75) is 33.2 Å². The summed E-state index contributed by atoms with van der Waals surface area (Å²) in [6.45, 7) is 8.61. The first-order chi connectivity index (χ1) is 9.72. The molecule has 0 spiro atoms. The Morgan fingerprint density at radius 1 is 1.40 bits per heavy atom. The summed E-state index contributed by atoms with van der Waals surface area (Å²) in [6, 6.07) is 0.356. The quantitative estimate of drug-likeness (QED) is 0.753. The highest BCUT2D eigenvalue weighted by atomic mass is 16.5. The van der Waals surface area contributed by atoms with E-state index >= 15 is 0 Å². The van der Waals surface area contributed by atoms with Crippen molar-refractivity contribution in [3.8, 4) is 5.69 Å². The summed E-state index contributed by atoms with van der Waals surface area (Å²) in [7, 11) is 0. The van der Waals surface area contributed by atoms with Gasteiger partial charge in [-0.15, -0.1) is 0 Å². The van der Waals surface area contributed by atoms with E-state index in [1.54, 1.807) is 6.20 Å². The lowest BCUT2D eigenvalue weighted by Crippen LogP contribution is -2.09. The molecule has 0 saturated heterocycles. The van der Waals surface area contributed by atoms with Gasteiger partial charge in [0.25, 0.3) is 0 Å². The van der Waals surface area contributed by atoms with Gasteiger partial charge in [0.2, 0.25) is 5.95 Å². The summed E-state index contributed by atoms with van der Waals surface area (Å²) < 4.78 is 9.26.